The van der Waals surface area contributed by atoms with E-state index in [1.807, 2.05) is 0 Å². The summed E-state index contributed by atoms with van der Waals surface area (Å²) in [5.74, 6) is 1.01. The zero-order valence-electron chi connectivity index (χ0n) is 10.6. The van der Waals surface area contributed by atoms with Crippen LogP contribution < -0.4 is 11.1 Å². The lowest BCUT2D eigenvalue weighted by Gasteiger charge is -2.08. The maximum Gasteiger partial charge on any atom is 0.319 e. The Morgan fingerprint density at radius 2 is 2.28 bits per heavy atom. The first-order valence-corrected chi connectivity index (χ1v) is 5.84. The number of aromatic nitrogens is 2. The molecule has 7 heteroatoms. The molecule has 0 atom stereocenters. The van der Waals surface area contributed by atoms with Crippen LogP contribution in [0.1, 0.15) is 32.6 Å². The molecule has 0 unspecified atom stereocenters. The van der Waals surface area contributed by atoms with Crippen molar-refractivity contribution in [3.05, 3.63) is 18.2 Å². The van der Waals surface area contributed by atoms with Crippen LogP contribution in [0.5, 0.6) is 0 Å². The van der Waals surface area contributed by atoms with Crippen LogP contribution in [-0.4, -0.2) is 22.1 Å². The molecule has 1 aromatic heterocycles. The number of nitrogens with one attached hydrogen (secondary N) is 1. The molecule has 0 aliphatic carbocycles. The summed E-state index contributed by atoms with van der Waals surface area (Å²) in [6.07, 6.45) is 3.51. The Hall–Kier alpha value is -1.66. The number of nitrogens with two attached hydrogens (primary N) is 1. The van der Waals surface area contributed by atoms with Crippen LogP contribution >= 0.6 is 0 Å². The third-order valence-corrected chi connectivity index (χ3v) is 2.38. The predicted molar refractivity (Wildman–Crippen MR) is 66.3 cm³/mol. The molecule has 0 amide bonds. The number of aliphatic imine (C=N–C) groups is 1. The Bertz CT molecular complexity index is 387. The van der Waals surface area contributed by atoms with Gasteiger partial charge in [-0.25, -0.2) is 9.98 Å². The second-order valence-electron chi connectivity index (χ2n) is 4.34. The average molecular weight is 259 g/mol. The highest BCUT2D eigenvalue weighted by atomic mass is 19.3. The Balaban J connectivity index is 2.44. The van der Waals surface area contributed by atoms with E-state index >= 15 is 0 Å². The highest BCUT2D eigenvalue weighted by Crippen LogP contribution is 2.12. The van der Waals surface area contributed by atoms with Crippen molar-refractivity contribution in [2.75, 3.05) is 6.54 Å². The van der Waals surface area contributed by atoms with E-state index in [1.165, 1.54) is 12.4 Å². The molecule has 0 aliphatic rings. The Morgan fingerprint density at radius 3 is 2.89 bits per heavy atom. The van der Waals surface area contributed by atoms with Crippen molar-refractivity contribution in [3.8, 4) is 0 Å². The minimum Gasteiger partial charge on any atom is -0.370 e. The van der Waals surface area contributed by atoms with Crippen LogP contribution in [0.2, 0.25) is 0 Å². The lowest BCUT2D eigenvalue weighted by atomic mass is 10.1. The number of alkyl halides is 2. The summed E-state index contributed by atoms with van der Waals surface area (Å²) in [6.45, 7) is 2.37. The van der Waals surface area contributed by atoms with E-state index in [1.54, 1.807) is 0 Å². The summed E-state index contributed by atoms with van der Waals surface area (Å²) in [7, 11) is 0. The Morgan fingerprint density at radius 1 is 1.56 bits per heavy atom. The van der Waals surface area contributed by atoms with Crippen LogP contribution in [0.3, 0.4) is 0 Å². The monoisotopic (exact) mass is 259 g/mol. The third kappa shape index (κ3) is 4.68. The molecule has 0 saturated heterocycles. The number of nitrogens with zero attached hydrogens (tertiary/aromatic N) is 3. The number of imidazole rings is 1. The van der Waals surface area contributed by atoms with E-state index in [0.29, 0.717) is 5.92 Å². The summed E-state index contributed by atoms with van der Waals surface area (Å²) >= 11 is 0. The molecule has 0 aromatic carbocycles. The Kier molecular flexibility index (Phi) is 5.54. The molecular weight excluding hydrogens is 240 g/mol. The van der Waals surface area contributed by atoms with E-state index in [-0.39, 0.29) is 18.3 Å². The maximum absolute atomic E-state index is 12.5. The first kappa shape index (κ1) is 14.4. The standard InChI is InChI=1S/C11H19F2N5/c1-8(2)3-4-16-11(14)17-7-9-15-5-6-18(9)10(12)13/h5-6,8,10H,3-4,7H2,1-2H3,(H3,14,16,17). The number of halogens is 2. The smallest absolute Gasteiger partial charge is 0.319 e. The fourth-order valence-electron chi connectivity index (χ4n) is 1.34. The zero-order valence-corrected chi connectivity index (χ0v) is 10.6. The number of rotatable bonds is 6. The van der Waals surface area contributed by atoms with Crippen molar-refractivity contribution < 1.29 is 8.78 Å². The zero-order chi connectivity index (χ0) is 13.5. The SMILES string of the molecule is CC(C)CCNC(N)=NCc1nccn1C(F)F. The van der Waals surface area contributed by atoms with Gasteiger partial charge in [-0.15, -0.1) is 0 Å². The Labute approximate surface area is 105 Å². The van der Waals surface area contributed by atoms with Gasteiger partial charge >= 0.3 is 6.55 Å². The van der Waals surface area contributed by atoms with Gasteiger partial charge in [0.1, 0.15) is 12.4 Å². The van der Waals surface area contributed by atoms with Gasteiger partial charge in [0.25, 0.3) is 0 Å². The normalized spacial score (nSPS) is 12.4. The molecule has 3 N–H and O–H groups in total. The third-order valence-electron chi connectivity index (χ3n) is 2.38. The van der Waals surface area contributed by atoms with Gasteiger partial charge in [0, 0.05) is 18.9 Å². The second kappa shape index (κ2) is 6.93. The fourth-order valence-corrected chi connectivity index (χ4v) is 1.34. The summed E-state index contributed by atoms with van der Waals surface area (Å²) in [5, 5.41) is 2.93. The number of hydrogen-bond donors (Lipinski definition) is 2. The van der Waals surface area contributed by atoms with Gasteiger partial charge in [-0.05, 0) is 12.3 Å². The van der Waals surface area contributed by atoms with E-state index < -0.39 is 6.55 Å². The minimum atomic E-state index is -2.60. The van der Waals surface area contributed by atoms with Crippen LogP contribution in [-0.2, 0) is 6.54 Å². The minimum absolute atomic E-state index is 0.0395. The highest BCUT2D eigenvalue weighted by molar-refractivity contribution is 5.77. The molecular formula is C11H19F2N5. The van der Waals surface area contributed by atoms with E-state index in [9.17, 15) is 8.78 Å². The fraction of sp³-hybridized carbons (Fsp3) is 0.636. The maximum atomic E-state index is 12.5. The summed E-state index contributed by atoms with van der Waals surface area (Å²) in [4.78, 5) is 7.78. The largest absolute Gasteiger partial charge is 0.370 e. The quantitative estimate of drug-likeness (QED) is 0.604. The molecule has 0 saturated carbocycles. The van der Waals surface area contributed by atoms with Crippen LogP contribution in [0.4, 0.5) is 8.78 Å². The summed E-state index contributed by atoms with van der Waals surface area (Å²) in [6, 6.07) is 0. The van der Waals surface area contributed by atoms with Gasteiger partial charge in [0.2, 0.25) is 0 Å². The molecule has 0 spiro atoms. The van der Waals surface area contributed by atoms with Crippen molar-refractivity contribution >= 4 is 5.96 Å². The van der Waals surface area contributed by atoms with E-state index in [2.05, 4.69) is 29.1 Å². The topological polar surface area (TPSA) is 68.2 Å². The molecule has 5 nitrogen and oxygen atoms in total. The van der Waals surface area contributed by atoms with Gasteiger partial charge in [-0.3, -0.25) is 4.57 Å². The van der Waals surface area contributed by atoms with E-state index in [0.717, 1.165) is 17.5 Å². The van der Waals surface area contributed by atoms with Gasteiger partial charge in [-0.2, -0.15) is 8.78 Å². The van der Waals surface area contributed by atoms with Crippen molar-refractivity contribution in [1.82, 2.24) is 14.9 Å². The molecule has 102 valence electrons. The summed E-state index contributed by atoms with van der Waals surface area (Å²) < 4.78 is 25.8. The molecule has 0 fully saturated rings. The molecule has 18 heavy (non-hydrogen) atoms. The van der Waals surface area contributed by atoms with Crippen molar-refractivity contribution in [2.24, 2.45) is 16.6 Å². The predicted octanol–water partition coefficient (Wildman–Crippen LogP) is 1.73. The van der Waals surface area contributed by atoms with Crippen molar-refractivity contribution in [1.29, 1.82) is 0 Å². The number of guanidine groups is 1. The lowest BCUT2D eigenvalue weighted by molar-refractivity contribution is 0.0671. The molecule has 0 bridgehead atoms. The summed E-state index contributed by atoms with van der Waals surface area (Å²) in [5.41, 5.74) is 5.62. The first-order valence-electron chi connectivity index (χ1n) is 5.84. The average Bonchev–Trinajstić information content (AvgIpc) is 2.74. The van der Waals surface area contributed by atoms with Crippen LogP contribution in [0.25, 0.3) is 0 Å². The van der Waals surface area contributed by atoms with Gasteiger partial charge in [0.05, 0.1) is 0 Å². The molecule has 0 aliphatic heterocycles. The van der Waals surface area contributed by atoms with Crippen molar-refractivity contribution in [3.63, 3.8) is 0 Å². The van der Waals surface area contributed by atoms with E-state index in [4.69, 9.17) is 5.73 Å². The van der Waals surface area contributed by atoms with Gasteiger partial charge in [-0.1, -0.05) is 13.8 Å². The van der Waals surface area contributed by atoms with Crippen LogP contribution in [0.15, 0.2) is 17.4 Å². The van der Waals surface area contributed by atoms with Crippen LogP contribution in [0, 0.1) is 5.92 Å². The van der Waals surface area contributed by atoms with Crippen molar-refractivity contribution in [2.45, 2.75) is 33.4 Å². The number of hydrogen-bond acceptors (Lipinski definition) is 2. The first-order chi connectivity index (χ1) is 8.50. The molecule has 1 aromatic rings. The molecule has 0 radical (unpaired) electrons. The van der Waals surface area contributed by atoms with Gasteiger partial charge < -0.3 is 11.1 Å². The molecule has 1 rings (SSSR count). The molecule has 1 heterocycles. The second-order valence-corrected chi connectivity index (χ2v) is 4.34. The van der Waals surface area contributed by atoms with Gasteiger partial charge in [0.15, 0.2) is 5.96 Å². The lowest BCUT2D eigenvalue weighted by Crippen LogP contribution is -2.33. The highest BCUT2D eigenvalue weighted by Gasteiger charge is 2.10.